The third kappa shape index (κ3) is 1.96. The molecule has 1 atom stereocenters. The van der Waals surface area contributed by atoms with Gasteiger partial charge in [0.1, 0.15) is 0 Å². The van der Waals surface area contributed by atoms with Gasteiger partial charge in [0.25, 0.3) is 0 Å². The number of rotatable bonds is 3. The number of hydrogen-bond acceptors (Lipinski definition) is 4. The Bertz CT molecular complexity index is 594. The first-order valence-electron chi connectivity index (χ1n) is 6.33. The van der Waals surface area contributed by atoms with E-state index in [2.05, 4.69) is 10.3 Å². The number of benzene rings is 1. The molecule has 0 aliphatic heterocycles. The molecule has 1 aliphatic rings. The molecule has 1 heterocycles. The molecule has 5 nitrogen and oxygen atoms in total. The van der Waals surface area contributed by atoms with Crippen LogP contribution in [0.3, 0.4) is 0 Å². The first kappa shape index (κ1) is 12.0. The van der Waals surface area contributed by atoms with E-state index in [9.17, 15) is 9.90 Å². The van der Waals surface area contributed by atoms with Crippen molar-refractivity contribution in [3.8, 4) is 0 Å². The number of carbonyl (C=O) groups excluding carboxylic acids is 1. The van der Waals surface area contributed by atoms with Gasteiger partial charge in [-0.15, -0.1) is 5.10 Å². The van der Waals surface area contributed by atoms with E-state index in [1.165, 1.54) is 0 Å². The Balaban J connectivity index is 1.97. The molecule has 1 aliphatic carbocycles. The van der Waals surface area contributed by atoms with Crippen LogP contribution < -0.4 is 0 Å². The Morgan fingerprint density at radius 1 is 1.37 bits per heavy atom. The van der Waals surface area contributed by atoms with E-state index in [-0.39, 0.29) is 12.4 Å². The SMILES string of the molecule is O=C1c2ccccc2CCC1(CO)Cn1ccnn1. The smallest absolute Gasteiger partial charge is 0.173 e. The molecule has 3 rings (SSSR count). The number of aryl methyl sites for hydroxylation is 1. The van der Waals surface area contributed by atoms with Crippen molar-refractivity contribution in [2.45, 2.75) is 19.4 Å². The van der Waals surface area contributed by atoms with Gasteiger partial charge in [-0.05, 0) is 18.4 Å². The highest BCUT2D eigenvalue weighted by molar-refractivity contribution is 6.02. The monoisotopic (exact) mass is 257 g/mol. The Kier molecular flexibility index (Phi) is 2.91. The van der Waals surface area contributed by atoms with Crippen LogP contribution in [-0.2, 0) is 13.0 Å². The highest BCUT2D eigenvalue weighted by atomic mass is 16.3. The fraction of sp³-hybridized carbons (Fsp3) is 0.357. The lowest BCUT2D eigenvalue weighted by Gasteiger charge is -2.34. The Labute approximate surface area is 110 Å². The van der Waals surface area contributed by atoms with Gasteiger partial charge in [-0.2, -0.15) is 0 Å². The maximum atomic E-state index is 12.7. The number of fused-ring (bicyclic) bond motifs is 1. The van der Waals surface area contributed by atoms with Gasteiger partial charge in [0.05, 0.1) is 24.8 Å². The number of aromatic nitrogens is 3. The van der Waals surface area contributed by atoms with Crippen LogP contribution in [0.15, 0.2) is 36.7 Å². The summed E-state index contributed by atoms with van der Waals surface area (Å²) >= 11 is 0. The molecule has 0 saturated heterocycles. The zero-order valence-electron chi connectivity index (χ0n) is 10.5. The van der Waals surface area contributed by atoms with Crippen molar-refractivity contribution in [1.29, 1.82) is 0 Å². The second-order valence-electron chi connectivity index (χ2n) is 5.03. The summed E-state index contributed by atoms with van der Waals surface area (Å²) in [4.78, 5) is 12.7. The largest absolute Gasteiger partial charge is 0.395 e. The van der Waals surface area contributed by atoms with Crippen molar-refractivity contribution < 1.29 is 9.90 Å². The molecular weight excluding hydrogens is 242 g/mol. The minimum Gasteiger partial charge on any atom is -0.395 e. The van der Waals surface area contributed by atoms with Gasteiger partial charge >= 0.3 is 0 Å². The minimum absolute atomic E-state index is 0.00681. The van der Waals surface area contributed by atoms with Gasteiger partial charge in [0, 0.05) is 11.8 Å². The standard InChI is InChI=1S/C14H15N3O2/c18-10-14(9-17-8-7-15-16-17)6-5-11-3-1-2-4-12(11)13(14)19/h1-4,7-8,18H,5-6,9-10H2. The van der Waals surface area contributed by atoms with Gasteiger partial charge in [0.2, 0.25) is 0 Å². The molecule has 1 aromatic carbocycles. The predicted molar refractivity (Wildman–Crippen MR) is 68.6 cm³/mol. The minimum atomic E-state index is -0.776. The number of carbonyl (C=O) groups is 1. The van der Waals surface area contributed by atoms with Crippen molar-refractivity contribution in [2.24, 2.45) is 5.41 Å². The maximum Gasteiger partial charge on any atom is 0.173 e. The van der Waals surface area contributed by atoms with E-state index in [4.69, 9.17) is 0 Å². The van der Waals surface area contributed by atoms with Crippen LogP contribution in [0.5, 0.6) is 0 Å². The average Bonchev–Trinajstić information content (AvgIpc) is 2.95. The summed E-state index contributed by atoms with van der Waals surface area (Å²) in [6.45, 7) is 0.205. The van der Waals surface area contributed by atoms with Crippen LogP contribution in [0, 0.1) is 5.41 Å². The van der Waals surface area contributed by atoms with Crippen molar-refractivity contribution in [3.05, 3.63) is 47.8 Å². The van der Waals surface area contributed by atoms with E-state index in [1.54, 1.807) is 17.1 Å². The summed E-state index contributed by atoms with van der Waals surface area (Å²) in [5.41, 5.74) is 1.01. The Hall–Kier alpha value is -2.01. The number of Topliss-reactive ketones (excluding diaryl/α,β-unsaturated/α-hetero) is 1. The summed E-state index contributed by atoms with van der Waals surface area (Å²) in [5.74, 6) is 0.00681. The van der Waals surface area contributed by atoms with Crippen LogP contribution in [0.1, 0.15) is 22.3 Å². The Morgan fingerprint density at radius 2 is 2.21 bits per heavy atom. The molecule has 0 spiro atoms. The summed E-state index contributed by atoms with van der Waals surface area (Å²) in [7, 11) is 0. The van der Waals surface area contributed by atoms with Gasteiger partial charge in [-0.25, -0.2) is 0 Å². The van der Waals surface area contributed by atoms with Crippen molar-refractivity contribution in [3.63, 3.8) is 0 Å². The lowest BCUT2D eigenvalue weighted by molar-refractivity contribution is 0.0514. The van der Waals surface area contributed by atoms with Crippen molar-refractivity contribution in [1.82, 2.24) is 15.0 Å². The average molecular weight is 257 g/mol. The van der Waals surface area contributed by atoms with E-state index in [0.717, 1.165) is 17.5 Å². The maximum absolute atomic E-state index is 12.7. The first-order chi connectivity index (χ1) is 9.25. The topological polar surface area (TPSA) is 68.0 Å². The van der Waals surface area contributed by atoms with E-state index >= 15 is 0 Å². The van der Waals surface area contributed by atoms with Crippen LogP contribution in [-0.4, -0.2) is 32.5 Å². The zero-order chi connectivity index (χ0) is 13.3. The molecule has 98 valence electrons. The molecule has 0 bridgehead atoms. The van der Waals surface area contributed by atoms with E-state index in [0.29, 0.717) is 13.0 Å². The van der Waals surface area contributed by atoms with Gasteiger partial charge in [0.15, 0.2) is 5.78 Å². The van der Waals surface area contributed by atoms with Crippen LogP contribution >= 0.6 is 0 Å². The molecule has 5 heteroatoms. The molecular formula is C14H15N3O2. The predicted octanol–water partition coefficient (Wildman–Crippen LogP) is 1.09. The number of ketones is 1. The van der Waals surface area contributed by atoms with Crippen LogP contribution in [0.25, 0.3) is 0 Å². The molecule has 19 heavy (non-hydrogen) atoms. The highest BCUT2D eigenvalue weighted by Crippen LogP contribution is 2.36. The lowest BCUT2D eigenvalue weighted by Crippen LogP contribution is -2.42. The number of nitrogens with zero attached hydrogens (tertiary/aromatic N) is 3. The molecule has 1 aromatic heterocycles. The summed E-state index contributed by atoms with van der Waals surface area (Å²) in [6, 6.07) is 7.61. The highest BCUT2D eigenvalue weighted by Gasteiger charge is 2.42. The molecule has 0 amide bonds. The van der Waals surface area contributed by atoms with Crippen molar-refractivity contribution in [2.75, 3.05) is 6.61 Å². The third-order valence-electron chi connectivity index (χ3n) is 3.86. The molecule has 0 fully saturated rings. The number of aliphatic hydroxyl groups excluding tert-OH is 1. The summed E-state index contributed by atoms with van der Waals surface area (Å²) < 4.78 is 1.61. The van der Waals surface area contributed by atoms with Gasteiger partial charge < -0.3 is 5.11 Å². The third-order valence-corrected chi connectivity index (χ3v) is 3.86. The van der Waals surface area contributed by atoms with Crippen molar-refractivity contribution >= 4 is 5.78 Å². The molecule has 0 saturated carbocycles. The number of hydrogen-bond donors (Lipinski definition) is 1. The molecule has 1 N–H and O–H groups in total. The summed E-state index contributed by atoms with van der Waals surface area (Å²) in [6.07, 6.45) is 4.73. The number of aliphatic hydroxyl groups is 1. The van der Waals surface area contributed by atoms with Crippen LogP contribution in [0.2, 0.25) is 0 Å². The van der Waals surface area contributed by atoms with Crippen LogP contribution in [0.4, 0.5) is 0 Å². The molecule has 0 radical (unpaired) electrons. The fourth-order valence-corrected chi connectivity index (χ4v) is 2.71. The van der Waals surface area contributed by atoms with E-state index < -0.39 is 5.41 Å². The summed E-state index contributed by atoms with van der Waals surface area (Å²) in [5, 5.41) is 17.4. The molecule has 1 unspecified atom stereocenters. The first-order valence-corrected chi connectivity index (χ1v) is 6.33. The van der Waals surface area contributed by atoms with E-state index in [1.807, 2.05) is 24.3 Å². The molecule has 2 aromatic rings. The van der Waals surface area contributed by atoms with Gasteiger partial charge in [-0.1, -0.05) is 29.5 Å². The second-order valence-corrected chi connectivity index (χ2v) is 5.03. The normalized spacial score (nSPS) is 22.3. The zero-order valence-corrected chi connectivity index (χ0v) is 10.5. The van der Waals surface area contributed by atoms with Gasteiger partial charge in [-0.3, -0.25) is 9.48 Å². The fourth-order valence-electron chi connectivity index (χ4n) is 2.71. The lowest BCUT2D eigenvalue weighted by atomic mass is 9.71. The second kappa shape index (κ2) is 4.59. The quantitative estimate of drug-likeness (QED) is 0.893. The Morgan fingerprint density at radius 3 is 2.95 bits per heavy atom.